The van der Waals surface area contributed by atoms with Gasteiger partial charge in [0, 0.05) is 24.4 Å². The van der Waals surface area contributed by atoms with Gasteiger partial charge in [0.25, 0.3) is 5.91 Å². The number of nitrogens with one attached hydrogen (secondary N) is 1. The molecule has 0 aliphatic heterocycles. The van der Waals surface area contributed by atoms with Crippen molar-refractivity contribution >= 4 is 23.0 Å². The normalized spacial score (nSPS) is 18.3. The molecule has 1 heterocycles. The summed E-state index contributed by atoms with van der Waals surface area (Å²) in [6.45, 7) is 0. The molecule has 1 atom stereocenters. The van der Waals surface area contributed by atoms with Crippen LogP contribution in [0, 0.1) is 0 Å². The minimum Gasteiger partial charge on any atom is -0.511 e. The van der Waals surface area contributed by atoms with Crippen LogP contribution in [0.2, 0.25) is 0 Å². The van der Waals surface area contributed by atoms with Gasteiger partial charge in [-0.15, -0.1) is 0 Å². The van der Waals surface area contributed by atoms with Crippen molar-refractivity contribution in [3.05, 3.63) is 96.2 Å². The van der Waals surface area contributed by atoms with Crippen LogP contribution >= 0.6 is 0 Å². The summed E-state index contributed by atoms with van der Waals surface area (Å²) in [4.78, 5) is 17.6. The molecule has 5 heteroatoms. The van der Waals surface area contributed by atoms with Gasteiger partial charge in [-0.2, -0.15) is 0 Å². The summed E-state index contributed by atoms with van der Waals surface area (Å²) in [7, 11) is 0. The molecule has 140 valence electrons. The summed E-state index contributed by atoms with van der Waals surface area (Å²) in [6.07, 6.45) is 2.45. The van der Waals surface area contributed by atoms with Gasteiger partial charge in [-0.05, 0) is 36.4 Å². The fraction of sp³-hybridized carbons (Fsp3) is 0.130. The van der Waals surface area contributed by atoms with Crippen molar-refractivity contribution in [3.8, 4) is 0 Å². The number of hydrogen-bond acceptors (Lipinski definition) is 4. The highest BCUT2D eigenvalue weighted by atomic mass is 16.3. The van der Waals surface area contributed by atoms with Crippen molar-refractivity contribution in [1.82, 2.24) is 0 Å². The van der Waals surface area contributed by atoms with Crippen LogP contribution in [0.4, 0.5) is 11.4 Å². The topological polar surface area (TPSA) is 74.8 Å². The molecule has 4 rings (SSSR count). The molecular formula is C23H20N2O3. The molecule has 0 fully saturated rings. The van der Waals surface area contributed by atoms with Crippen LogP contribution in [-0.2, 0) is 4.79 Å². The number of hydrogen-bond donors (Lipinski definition) is 2. The smallest absolute Gasteiger partial charge is 0.260 e. The molecule has 1 aliphatic rings. The van der Waals surface area contributed by atoms with E-state index in [9.17, 15) is 9.90 Å². The molecule has 2 aromatic carbocycles. The second kappa shape index (κ2) is 7.96. The zero-order chi connectivity index (χ0) is 19.3. The Morgan fingerprint density at radius 2 is 1.68 bits per heavy atom. The number of rotatable bonds is 4. The Bertz CT molecular complexity index is 1010. The quantitative estimate of drug-likeness (QED) is 0.645. The van der Waals surface area contributed by atoms with Crippen molar-refractivity contribution in [3.63, 3.8) is 0 Å². The van der Waals surface area contributed by atoms with E-state index in [1.54, 1.807) is 18.4 Å². The Balaban J connectivity index is 1.70. The van der Waals surface area contributed by atoms with Gasteiger partial charge in [0.1, 0.15) is 11.5 Å². The lowest BCUT2D eigenvalue weighted by atomic mass is 9.84. The van der Waals surface area contributed by atoms with E-state index in [-0.39, 0.29) is 23.2 Å². The third kappa shape index (κ3) is 3.88. The molecule has 2 N–H and O–H groups in total. The van der Waals surface area contributed by atoms with E-state index in [0.717, 1.165) is 11.4 Å². The van der Waals surface area contributed by atoms with Gasteiger partial charge in [-0.1, -0.05) is 36.4 Å². The first-order valence-corrected chi connectivity index (χ1v) is 9.15. The second-order valence-electron chi connectivity index (χ2n) is 6.66. The molecule has 1 aromatic heterocycles. The number of anilines is 1. The number of benzene rings is 2. The largest absolute Gasteiger partial charge is 0.511 e. The molecule has 0 bridgehead atoms. The van der Waals surface area contributed by atoms with Gasteiger partial charge in [0.2, 0.25) is 0 Å². The summed E-state index contributed by atoms with van der Waals surface area (Å²) < 4.78 is 5.52. The first kappa shape index (κ1) is 17.8. The Morgan fingerprint density at radius 1 is 0.964 bits per heavy atom. The molecule has 1 amide bonds. The number of carbonyl (C=O) groups is 1. The standard InChI is InChI=1S/C23H20N2O3/c26-20-15-16(21-12-7-13-28-21)14-19(24-17-8-3-1-4-9-17)22(20)23(27)25-18-10-5-2-6-11-18/h1-13,16,26H,14-15H2,(H,25,27)/t16-/m0/s1. The van der Waals surface area contributed by atoms with E-state index in [1.807, 2.05) is 60.7 Å². The highest BCUT2D eigenvalue weighted by Crippen LogP contribution is 2.35. The van der Waals surface area contributed by atoms with Gasteiger partial charge >= 0.3 is 0 Å². The molecule has 0 radical (unpaired) electrons. The highest BCUT2D eigenvalue weighted by Gasteiger charge is 2.32. The third-order valence-electron chi connectivity index (χ3n) is 4.68. The summed E-state index contributed by atoms with van der Waals surface area (Å²) in [6, 6.07) is 22.3. The van der Waals surface area contributed by atoms with Crippen LogP contribution in [0.25, 0.3) is 0 Å². The molecule has 28 heavy (non-hydrogen) atoms. The molecule has 3 aromatic rings. The summed E-state index contributed by atoms with van der Waals surface area (Å²) in [5.74, 6) is 0.368. The summed E-state index contributed by atoms with van der Waals surface area (Å²) in [5, 5.41) is 13.6. The lowest BCUT2D eigenvalue weighted by Crippen LogP contribution is -2.27. The molecule has 0 saturated heterocycles. The third-order valence-corrected chi connectivity index (χ3v) is 4.68. The van der Waals surface area contributed by atoms with Crippen molar-refractivity contribution in [2.24, 2.45) is 4.99 Å². The van der Waals surface area contributed by atoms with Gasteiger partial charge in [0.05, 0.1) is 23.2 Å². The molecule has 5 nitrogen and oxygen atoms in total. The second-order valence-corrected chi connectivity index (χ2v) is 6.66. The number of nitrogens with zero attached hydrogens (tertiary/aromatic N) is 1. The van der Waals surface area contributed by atoms with Gasteiger partial charge in [-0.25, -0.2) is 0 Å². The van der Waals surface area contributed by atoms with Crippen molar-refractivity contribution in [1.29, 1.82) is 0 Å². The minimum atomic E-state index is -0.365. The van der Waals surface area contributed by atoms with E-state index in [0.29, 0.717) is 24.2 Å². The fourth-order valence-electron chi connectivity index (χ4n) is 3.37. The molecular weight excluding hydrogens is 352 g/mol. The summed E-state index contributed by atoms with van der Waals surface area (Å²) in [5.41, 5.74) is 2.18. The van der Waals surface area contributed by atoms with Crippen LogP contribution in [-0.4, -0.2) is 16.7 Å². The first-order chi connectivity index (χ1) is 13.7. The van der Waals surface area contributed by atoms with Crippen LogP contribution in [0.15, 0.2) is 99.8 Å². The molecule has 0 unspecified atom stereocenters. The summed E-state index contributed by atoms with van der Waals surface area (Å²) >= 11 is 0. The molecule has 0 saturated carbocycles. The van der Waals surface area contributed by atoms with Crippen LogP contribution in [0.1, 0.15) is 24.5 Å². The molecule has 1 aliphatic carbocycles. The van der Waals surface area contributed by atoms with E-state index in [1.165, 1.54) is 0 Å². The Kier molecular flexibility index (Phi) is 5.06. The Hall–Kier alpha value is -3.60. The lowest BCUT2D eigenvalue weighted by molar-refractivity contribution is -0.112. The van der Waals surface area contributed by atoms with Gasteiger partial charge in [0.15, 0.2) is 0 Å². The predicted octanol–water partition coefficient (Wildman–Crippen LogP) is 5.38. The maximum atomic E-state index is 12.9. The first-order valence-electron chi connectivity index (χ1n) is 9.15. The number of aliphatic imine (C=N–C) groups is 1. The van der Waals surface area contributed by atoms with E-state index in [4.69, 9.17) is 4.42 Å². The van der Waals surface area contributed by atoms with Crippen molar-refractivity contribution in [2.45, 2.75) is 18.8 Å². The number of aliphatic hydroxyl groups is 1. The average Bonchev–Trinajstić information content (AvgIpc) is 3.24. The van der Waals surface area contributed by atoms with Gasteiger partial charge < -0.3 is 14.8 Å². The van der Waals surface area contributed by atoms with Crippen LogP contribution in [0.5, 0.6) is 0 Å². The number of aliphatic hydroxyl groups excluding tert-OH is 1. The number of para-hydroxylation sites is 2. The maximum absolute atomic E-state index is 12.9. The minimum absolute atomic E-state index is 0.0239. The lowest BCUT2D eigenvalue weighted by Gasteiger charge is -2.24. The number of allylic oxidation sites excluding steroid dienone is 1. The zero-order valence-corrected chi connectivity index (χ0v) is 15.2. The SMILES string of the molecule is O=C(Nc1ccccc1)C1=C(O)C[C@@H](c2ccco2)CC1=Nc1ccccc1. The maximum Gasteiger partial charge on any atom is 0.260 e. The van der Waals surface area contributed by atoms with E-state index < -0.39 is 0 Å². The van der Waals surface area contributed by atoms with Crippen LogP contribution < -0.4 is 5.32 Å². The van der Waals surface area contributed by atoms with E-state index in [2.05, 4.69) is 10.3 Å². The zero-order valence-electron chi connectivity index (χ0n) is 15.2. The predicted molar refractivity (Wildman–Crippen MR) is 109 cm³/mol. The van der Waals surface area contributed by atoms with Gasteiger partial charge in [-0.3, -0.25) is 9.79 Å². The van der Waals surface area contributed by atoms with Crippen molar-refractivity contribution < 1.29 is 14.3 Å². The highest BCUT2D eigenvalue weighted by molar-refractivity contribution is 6.26. The molecule has 0 spiro atoms. The number of amides is 1. The van der Waals surface area contributed by atoms with E-state index >= 15 is 0 Å². The fourth-order valence-corrected chi connectivity index (χ4v) is 3.37. The average molecular weight is 372 g/mol. The Labute approximate surface area is 163 Å². The van der Waals surface area contributed by atoms with Crippen molar-refractivity contribution in [2.75, 3.05) is 5.32 Å². The van der Waals surface area contributed by atoms with Crippen LogP contribution in [0.3, 0.4) is 0 Å². The Morgan fingerprint density at radius 3 is 2.36 bits per heavy atom. The number of carbonyl (C=O) groups excluding carboxylic acids is 1. The monoisotopic (exact) mass is 372 g/mol. The number of furan rings is 1.